The molecular formula is C16H21N7O2. The fraction of sp³-hybridized carbons (Fsp3) is 0.438. The molecular weight excluding hydrogens is 322 g/mol. The number of fused-ring (bicyclic) bond motifs is 1. The van der Waals surface area contributed by atoms with Gasteiger partial charge in [-0.05, 0) is 20.4 Å². The molecule has 132 valence electrons. The summed E-state index contributed by atoms with van der Waals surface area (Å²) in [5.74, 6) is 1.21. The van der Waals surface area contributed by atoms with Crippen molar-refractivity contribution in [2.24, 2.45) is 0 Å². The molecule has 3 heterocycles. The van der Waals surface area contributed by atoms with Gasteiger partial charge in [0.15, 0.2) is 17.8 Å². The summed E-state index contributed by atoms with van der Waals surface area (Å²) in [6.07, 6.45) is 5.20. The number of methoxy groups -OCH3 is 1. The number of hydrogen-bond acceptors (Lipinski definition) is 7. The van der Waals surface area contributed by atoms with Crippen molar-refractivity contribution in [2.75, 3.05) is 27.3 Å². The van der Waals surface area contributed by atoms with E-state index < -0.39 is 0 Å². The normalized spacial score (nSPS) is 11.5. The number of aromatic nitrogens is 6. The van der Waals surface area contributed by atoms with Crippen LogP contribution in [0.5, 0.6) is 0 Å². The lowest BCUT2D eigenvalue weighted by atomic mass is 10.2. The highest BCUT2D eigenvalue weighted by Gasteiger charge is 2.15. The number of aromatic amines is 1. The van der Waals surface area contributed by atoms with Gasteiger partial charge in [-0.25, -0.2) is 14.6 Å². The van der Waals surface area contributed by atoms with Gasteiger partial charge in [-0.15, -0.1) is 0 Å². The lowest BCUT2D eigenvalue weighted by Crippen LogP contribution is -2.20. The molecule has 3 aromatic heterocycles. The first-order chi connectivity index (χ1) is 12.1. The predicted octanol–water partition coefficient (Wildman–Crippen LogP) is 1.13. The number of ether oxygens (including phenoxy) is 1. The van der Waals surface area contributed by atoms with Gasteiger partial charge in [0, 0.05) is 38.6 Å². The van der Waals surface area contributed by atoms with Gasteiger partial charge >= 0.3 is 0 Å². The van der Waals surface area contributed by atoms with Gasteiger partial charge in [0.1, 0.15) is 11.5 Å². The van der Waals surface area contributed by atoms with E-state index in [2.05, 4.69) is 30.2 Å². The second-order valence-electron chi connectivity index (χ2n) is 5.91. The molecule has 0 unspecified atom stereocenters. The van der Waals surface area contributed by atoms with Crippen LogP contribution in [0.1, 0.15) is 28.3 Å². The first kappa shape index (κ1) is 17.2. The first-order valence-electron chi connectivity index (χ1n) is 8.01. The third kappa shape index (κ3) is 3.72. The van der Waals surface area contributed by atoms with E-state index in [4.69, 9.17) is 4.74 Å². The summed E-state index contributed by atoms with van der Waals surface area (Å²) < 4.78 is 6.69. The average molecular weight is 343 g/mol. The molecule has 0 radical (unpaired) electrons. The number of hydrogen-bond donors (Lipinski definition) is 1. The van der Waals surface area contributed by atoms with E-state index in [9.17, 15) is 4.79 Å². The van der Waals surface area contributed by atoms with E-state index in [0.29, 0.717) is 36.1 Å². The van der Waals surface area contributed by atoms with Crippen LogP contribution in [0.25, 0.3) is 16.9 Å². The first-order valence-corrected chi connectivity index (χ1v) is 8.01. The van der Waals surface area contributed by atoms with E-state index >= 15 is 0 Å². The van der Waals surface area contributed by atoms with E-state index in [1.807, 2.05) is 13.2 Å². The second kappa shape index (κ2) is 7.49. The van der Waals surface area contributed by atoms with Crippen molar-refractivity contribution >= 4 is 17.3 Å². The monoisotopic (exact) mass is 343 g/mol. The zero-order chi connectivity index (χ0) is 17.8. The van der Waals surface area contributed by atoms with Crippen molar-refractivity contribution in [1.29, 1.82) is 0 Å². The molecule has 0 spiro atoms. The van der Waals surface area contributed by atoms with Crippen LogP contribution in [-0.4, -0.2) is 68.4 Å². The molecule has 0 atom stereocenters. The Hall–Kier alpha value is -2.65. The molecule has 0 saturated carbocycles. The molecule has 25 heavy (non-hydrogen) atoms. The highest BCUT2D eigenvalue weighted by atomic mass is 16.5. The van der Waals surface area contributed by atoms with Gasteiger partial charge in [0.25, 0.3) is 0 Å². The van der Waals surface area contributed by atoms with Gasteiger partial charge in [-0.3, -0.25) is 9.89 Å². The average Bonchev–Trinajstić information content (AvgIpc) is 3.20. The highest BCUT2D eigenvalue weighted by Crippen LogP contribution is 2.19. The van der Waals surface area contributed by atoms with Crippen LogP contribution in [0.15, 0.2) is 12.4 Å². The van der Waals surface area contributed by atoms with Gasteiger partial charge in [0.2, 0.25) is 0 Å². The fourth-order valence-electron chi connectivity index (χ4n) is 2.70. The molecule has 9 heteroatoms. The van der Waals surface area contributed by atoms with Crippen LogP contribution in [-0.2, 0) is 11.3 Å². The smallest absolute Gasteiger partial charge is 0.170 e. The Morgan fingerprint density at radius 2 is 2.24 bits per heavy atom. The van der Waals surface area contributed by atoms with Crippen molar-refractivity contribution in [1.82, 2.24) is 34.8 Å². The largest absolute Gasteiger partial charge is 0.385 e. The van der Waals surface area contributed by atoms with Crippen LogP contribution < -0.4 is 0 Å². The summed E-state index contributed by atoms with van der Waals surface area (Å²) in [4.78, 5) is 22.3. The molecule has 0 saturated heterocycles. The van der Waals surface area contributed by atoms with E-state index in [1.54, 1.807) is 24.9 Å². The number of aryl methyl sites for hydroxylation is 1. The van der Waals surface area contributed by atoms with E-state index in [0.717, 1.165) is 30.2 Å². The topological polar surface area (TPSA) is 102 Å². The Balaban J connectivity index is 1.89. The minimum atomic E-state index is 0.409. The van der Waals surface area contributed by atoms with E-state index in [-0.39, 0.29) is 0 Å². The molecule has 0 amide bonds. The van der Waals surface area contributed by atoms with Crippen LogP contribution >= 0.6 is 0 Å². The molecule has 0 aromatic carbocycles. The Labute approximate surface area is 145 Å². The quantitative estimate of drug-likeness (QED) is 0.483. The standard InChI is InChI=1S/C16H21N7O2/c1-11-18-15-13(7-17-20-15)16(19-11)23-9-12(14(10-24)21-23)8-22(2)5-4-6-25-3/h7,9-10H,4-6,8H2,1-3H3,(H,17,18,19,20). The number of carbonyl (C=O) groups excluding carboxylic acids is 1. The number of nitrogens with one attached hydrogen (secondary N) is 1. The summed E-state index contributed by atoms with van der Waals surface area (Å²) in [5, 5.41) is 12.0. The summed E-state index contributed by atoms with van der Waals surface area (Å²) in [7, 11) is 3.69. The maximum Gasteiger partial charge on any atom is 0.170 e. The second-order valence-corrected chi connectivity index (χ2v) is 5.91. The summed E-state index contributed by atoms with van der Waals surface area (Å²) in [5.41, 5.74) is 1.90. The Morgan fingerprint density at radius 1 is 1.40 bits per heavy atom. The molecule has 9 nitrogen and oxygen atoms in total. The lowest BCUT2D eigenvalue weighted by Gasteiger charge is -2.15. The predicted molar refractivity (Wildman–Crippen MR) is 91.8 cm³/mol. The molecule has 0 bridgehead atoms. The summed E-state index contributed by atoms with van der Waals surface area (Å²) >= 11 is 0. The van der Waals surface area contributed by atoms with Crippen molar-refractivity contribution < 1.29 is 9.53 Å². The van der Waals surface area contributed by atoms with Crippen LogP contribution in [0, 0.1) is 6.92 Å². The Bertz CT molecular complexity index is 871. The van der Waals surface area contributed by atoms with Crippen LogP contribution in [0.2, 0.25) is 0 Å². The number of H-pyrrole nitrogens is 1. The molecule has 0 aliphatic carbocycles. The minimum absolute atomic E-state index is 0.409. The SMILES string of the molecule is COCCCN(C)Cc1cn(-c2nc(C)nc3[nH]ncc23)nc1C=O. The van der Waals surface area contributed by atoms with Crippen LogP contribution in [0.3, 0.4) is 0 Å². The number of nitrogens with zero attached hydrogens (tertiary/aromatic N) is 6. The zero-order valence-corrected chi connectivity index (χ0v) is 14.6. The third-order valence-corrected chi connectivity index (χ3v) is 3.88. The minimum Gasteiger partial charge on any atom is -0.385 e. The van der Waals surface area contributed by atoms with Gasteiger partial charge in [-0.2, -0.15) is 10.2 Å². The van der Waals surface area contributed by atoms with Gasteiger partial charge in [-0.1, -0.05) is 0 Å². The lowest BCUT2D eigenvalue weighted by molar-refractivity contribution is 0.111. The van der Waals surface area contributed by atoms with Gasteiger partial charge in [0.05, 0.1) is 11.6 Å². The maximum atomic E-state index is 11.4. The molecule has 3 rings (SSSR count). The molecule has 0 fully saturated rings. The van der Waals surface area contributed by atoms with Crippen molar-refractivity contribution in [2.45, 2.75) is 19.9 Å². The molecule has 0 aliphatic heterocycles. The number of carbonyl (C=O) groups is 1. The summed E-state index contributed by atoms with van der Waals surface area (Å²) in [6, 6.07) is 0. The number of rotatable bonds is 8. The van der Waals surface area contributed by atoms with E-state index in [1.165, 1.54) is 0 Å². The van der Waals surface area contributed by atoms with Crippen molar-refractivity contribution in [3.05, 3.63) is 29.5 Å². The fourth-order valence-corrected chi connectivity index (χ4v) is 2.70. The molecule has 3 aromatic rings. The number of aldehydes is 1. The third-order valence-electron chi connectivity index (χ3n) is 3.88. The molecule has 0 aliphatic rings. The Morgan fingerprint density at radius 3 is 3.00 bits per heavy atom. The van der Waals surface area contributed by atoms with Gasteiger partial charge < -0.3 is 9.64 Å². The van der Waals surface area contributed by atoms with Crippen molar-refractivity contribution in [3.8, 4) is 5.82 Å². The Kier molecular flexibility index (Phi) is 5.15. The summed E-state index contributed by atoms with van der Waals surface area (Å²) in [6.45, 7) is 4.01. The highest BCUT2D eigenvalue weighted by molar-refractivity contribution is 5.82. The zero-order valence-electron chi connectivity index (χ0n) is 14.6. The molecule has 1 N–H and O–H groups in total. The van der Waals surface area contributed by atoms with Crippen LogP contribution in [0.4, 0.5) is 0 Å². The maximum absolute atomic E-state index is 11.4. The van der Waals surface area contributed by atoms with Crippen molar-refractivity contribution in [3.63, 3.8) is 0 Å².